The minimum atomic E-state index is -3.41. The Hall–Kier alpha value is -1.60. The first-order chi connectivity index (χ1) is 11.3. The van der Waals surface area contributed by atoms with Crippen LogP contribution in [0.4, 0.5) is 5.69 Å². The minimum absolute atomic E-state index is 0.256. The van der Waals surface area contributed by atoms with E-state index in [-0.39, 0.29) is 5.91 Å². The lowest BCUT2D eigenvalue weighted by atomic mass is 9.99. The number of para-hydroxylation sites is 1. The fourth-order valence-corrected chi connectivity index (χ4v) is 3.43. The molecule has 0 saturated carbocycles. The van der Waals surface area contributed by atoms with Crippen molar-refractivity contribution in [2.24, 2.45) is 5.92 Å². The van der Waals surface area contributed by atoms with E-state index >= 15 is 0 Å². The number of anilines is 1. The first kappa shape index (κ1) is 18.7. The van der Waals surface area contributed by atoms with Crippen LogP contribution in [-0.4, -0.2) is 51.7 Å². The zero-order valence-corrected chi connectivity index (χ0v) is 15.2. The van der Waals surface area contributed by atoms with Gasteiger partial charge in [0.1, 0.15) is 0 Å². The van der Waals surface area contributed by atoms with Gasteiger partial charge in [-0.15, -0.1) is 0 Å². The van der Waals surface area contributed by atoms with Gasteiger partial charge in [-0.2, -0.15) is 0 Å². The van der Waals surface area contributed by atoms with Gasteiger partial charge < -0.3 is 10.2 Å². The third-order valence-electron chi connectivity index (χ3n) is 4.28. The monoisotopic (exact) mass is 353 g/mol. The number of piperidine rings is 1. The third-order valence-corrected chi connectivity index (χ3v) is 4.87. The number of nitrogens with zero attached hydrogens (tertiary/aromatic N) is 1. The molecule has 1 saturated heterocycles. The maximum atomic E-state index is 12.3. The average Bonchev–Trinajstić information content (AvgIpc) is 2.52. The van der Waals surface area contributed by atoms with Gasteiger partial charge in [-0.3, -0.25) is 9.52 Å². The summed E-state index contributed by atoms with van der Waals surface area (Å²) in [4.78, 5) is 14.7. The second-order valence-electron chi connectivity index (χ2n) is 6.55. The molecule has 0 unspecified atom stereocenters. The first-order valence-corrected chi connectivity index (χ1v) is 10.3. The molecule has 24 heavy (non-hydrogen) atoms. The van der Waals surface area contributed by atoms with E-state index in [2.05, 4.69) is 21.9 Å². The summed E-state index contributed by atoms with van der Waals surface area (Å²) in [7, 11) is -3.41. The third kappa shape index (κ3) is 6.13. The fraction of sp³-hybridized carbons (Fsp3) is 0.588. The summed E-state index contributed by atoms with van der Waals surface area (Å²) in [5, 5.41) is 2.87. The van der Waals surface area contributed by atoms with Gasteiger partial charge in [0.25, 0.3) is 5.91 Å². The molecule has 2 rings (SSSR count). The van der Waals surface area contributed by atoms with E-state index in [0.717, 1.165) is 38.2 Å². The van der Waals surface area contributed by atoms with Crippen LogP contribution in [0.25, 0.3) is 0 Å². The standard InChI is InChI=1S/C17H27N3O3S/c1-14-8-12-20(13-9-14)11-5-10-18-17(21)15-6-3-4-7-16(15)19-24(2,22)23/h3-4,6-7,14,19H,5,8-13H2,1-2H3,(H,18,21). The molecule has 0 bridgehead atoms. The molecular formula is C17H27N3O3S. The maximum Gasteiger partial charge on any atom is 0.253 e. The number of rotatable bonds is 7. The summed E-state index contributed by atoms with van der Waals surface area (Å²) in [6, 6.07) is 6.62. The van der Waals surface area contributed by atoms with Crippen molar-refractivity contribution in [2.45, 2.75) is 26.2 Å². The van der Waals surface area contributed by atoms with Crippen LogP contribution >= 0.6 is 0 Å². The Kier molecular flexibility index (Phi) is 6.62. The molecule has 0 atom stereocenters. The summed E-state index contributed by atoms with van der Waals surface area (Å²) in [5.74, 6) is 0.564. The molecule has 6 nitrogen and oxygen atoms in total. The molecule has 1 aliphatic heterocycles. The number of nitrogens with one attached hydrogen (secondary N) is 2. The molecule has 0 aliphatic carbocycles. The number of carbonyl (C=O) groups excluding carboxylic acids is 1. The molecule has 1 aliphatic rings. The lowest BCUT2D eigenvalue weighted by molar-refractivity contribution is 0.0951. The molecule has 1 fully saturated rings. The molecule has 0 spiro atoms. The zero-order chi connectivity index (χ0) is 17.6. The number of amides is 1. The van der Waals surface area contributed by atoms with Gasteiger partial charge in [0.15, 0.2) is 0 Å². The molecule has 1 aromatic rings. The molecule has 1 heterocycles. The SMILES string of the molecule is CC1CCN(CCCNC(=O)c2ccccc2NS(C)(=O)=O)CC1. The van der Waals surface area contributed by atoms with Gasteiger partial charge in [0, 0.05) is 6.54 Å². The Morgan fingerprint density at radius 3 is 2.58 bits per heavy atom. The number of carbonyl (C=O) groups is 1. The maximum absolute atomic E-state index is 12.3. The lowest BCUT2D eigenvalue weighted by Gasteiger charge is -2.30. The number of likely N-dealkylation sites (tertiary alicyclic amines) is 1. The molecular weight excluding hydrogens is 326 g/mol. The van der Waals surface area contributed by atoms with E-state index in [1.165, 1.54) is 12.8 Å². The van der Waals surface area contributed by atoms with E-state index in [4.69, 9.17) is 0 Å². The van der Waals surface area contributed by atoms with Crippen molar-refractivity contribution in [3.63, 3.8) is 0 Å². The van der Waals surface area contributed by atoms with Crippen molar-refractivity contribution in [3.8, 4) is 0 Å². The van der Waals surface area contributed by atoms with Gasteiger partial charge in [-0.05, 0) is 56.9 Å². The number of benzene rings is 1. The largest absolute Gasteiger partial charge is 0.352 e. The van der Waals surface area contributed by atoms with Crippen molar-refractivity contribution in [1.82, 2.24) is 10.2 Å². The normalized spacial score (nSPS) is 16.8. The Bertz CT molecular complexity index is 653. The predicted octanol–water partition coefficient (Wildman–Crippen LogP) is 1.91. The Balaban J connectivity index is 1.80. The van der Waals surface area contributed by atoms with Crippen molar-refractivity contribution in [1.29, 1.82) is 0 Å². The van der Waals surface area contributed by atoms with Crippen molar-refractivity contribution < 1.29 is 13.2 Å². The van der Waals surface area contributed by atoms with Crippen molar-refractivity contribution >= 4 is 21.6 Å². The highest BCUT2D eigenvalue weighted by Crippen LogP contribution is 2.17. The van der Waals surface area contributed by atoms with E-state index in [1.807, 2.05) is 0 Å². The van der Waals surface area contributed by atoms with Gasteiger partial charge in [0.2, 0.25) is 10.0 Å². The molecule has 0 aromatic heterocycles. The van der Waals surface area contributed by atoms with Gasteiger partial charge >= 0.3 is 0 Å². The minimum Gasteiger partial charge on any atom is -0.352 e. The van der Waals surface area contributed by atoms with E-state index in [1.54, 1.807) is 24.3 Å². The Labute approximate surface area is 144 Å². The number of hydrogen-bond donors (Lipinski definition) is 2. The van der Waals surface area contributed by atoms with Crippen LogP contribution in [0.15, 0.2) is 24.3 Å². The van der Waals surface area contributed by atoms with Crippen LogP contribution in [0.3, 0.4) is 0 Å². The summed E-state index contributed by atoms with van der Waals surface area (Å²) in [5.41, 5.74) is 0.650. The van der Waals surface area contributed by atoms with Crippen molar-refractivity contribution in [2.75, 3.05) is 37.2 Å². The van der Waals surface area contributed by atoms with E-state index < -0.39 is 10.0 Å². The van der Waals surface area contributed by atoms with E-state index in [9.17, 15) is 13.2 Å². The zero-order valence-electron chi connectivity index (χ0n) is 14.4. The highest BCUT2D eigenvalue weighted by atomic mass is 32.2. The fourth-order valence-electron chi connectivity index (χ4n) is 2.86. The lowest BCUT2D eigenvalue weighted by Crippen LogP contribution is -2.35. The van der Waals surface area contributed by atoms with Crippen LogP contribution in [0.1, 0.15) is 36.5 Å². The molecule has 1 aromatic carbocycles. The summed E-state index contributed by atoms with van der Waals surface area (Å²) in [6.07, 6.45) is 4.46. The topological polar surface area (TPSA) is 78.5 Å². The molecule has 7 heteroatoms. The molecule has 2 N–H and O–H groups in total. The summed E-state index contributed by atoms with van der Waals surface area (Å²) < 4.78 is 25.2. The number of sulfonamides is 1. The number of hydrogen-bond acceptors (Lipinski definition) is 4. The Morgan fingerprint density at radius 2 is 1.92 bits per heavy atom. The first-order valence-electron chi connectivity index (χ1n) is 8.42. The average molecular weight is 353 g/mol. The summed E-state index contributed by atoms with van der Waals surface area (Å²) >= 11 is 0. The predicted molar refractivity (Wildman–Crippen MR) is 96.7 cm³/mol. The van der Waals surface area contributed by atoms with Gasteiger partial charge in [-0.25, -0.2) is 8.42 Å². The second kappa shape index (κ2) is 8.48. The van der Waals surface area contributed by atoms with Gasteiger partial charge in [0.05, 0.1) is 17.5 Å². The van der Waals surface area contributed by atoms with Gasteiger partial charge in [-0.1, -0.05) is 19.1 Å². The van der Waals surface area contributed by atoms with Crippen LogP contribution in [0.5, 0.6) is 0 Å². The van der Waals surface area contributed by atoms with E-state index in [0.29, 0.717) is 17.8 Å². The molecule has 134 valence electrons. The van der Waals surface area contributed by atoms with Crippen LogP contribution in [0.2, 0.25) is 0 Å². The van der Waals surface area contributed by atoms with Crippen LogP contribution in [-0.2, 0) is 10.0 Å². The summed E-state index contributed by atoms with van der Waals surface area (Å²) in [6.45, 7) is 6.13. The Morgan fingerprint density at radius 1 is 1.25 bits per heavy atom. The van der Waals surface area contributed by atoms with Crippen LogP contribution in [0, 0.1) is 5.92 Å². The second-order valence-corrected chi connectivity index (χ2v) is 8.30. The molecule has 1 amide bonds. The van der Waals surface area contributed by atoms with Crippen LogP contribution < -0.4 is 10.0 Å². The highest BCUT2D eigenvalue weighted by Gasteiger charge is 2.16. The smallest absolute Gasteiger partial charge is 0.253 e. The van der Waals surface area contributed by atoms with Crippen molar-refractivity contribution in [3.05, 3.63) is 29.8 Å². The molecule has 0 radical (unpaired) electrons. The highest BCUT2D eigenvalue weighted by molar-refractivity contribution is 7.92. The quantitative estimate of drug-likeness (QED) is 0.734.